The summed E-state index contributed by atoms with van der Waals surface area (Å²) in [6.45, 7) is 1.04. The number of carbonyl (C=O) groups is 1. The maximum absolute atomic E-state index is 11.5. The van der Waals surface area contributed by atoms with Crippen LogP contribution in [0.15, 0.2) is 36.7 Å². The van der Waals surface area contributed by atoms with Crippen molar-refractivity contribution in [1.29, 1.82) is 0 Å². The van der Waals surface area contributed by atoms with Gasteiger partial charge in [-0.3, -0.25) is 9.36 Å². The molecule has 0 bridgehead atoms. The van der Waals surface area contributed by atoms with Gasteiger partial charge in [0.1, 0.15) is 6.33 Å². The van der Waals surface area contributed by atoms with Gasteiger partial charge in [0.05, 0.1) is 6.54 Å². The topological polar surface area (TPSA) is 71.8 Å². The number of hydrogen-bond donors (Lipinski definition) is 2. The maximum atomic E-state index is 11.5. The number of hydrogen-bond acceptors (Lipinski definition) is 4. The largest absolute Gasteiger partial charge is 0.349 e. The Bertz CT molecular complexity index is 523. The summed E-state index contributed by atoms with van der Waals surface area (Å²) in [5.74, 6) is 0.709. The van der Waals surface area contributed by atoms with Gasteiger partial charge >= 0.3 is 0 Å². The molecule has 0 fully saturated rings. The lowest BCUT2D eigenvalue weighted by Crippen LogP contribution is -2.27. The minimum atomic E-state index is -0.00281. The van der Waals surface area contributed by atoms with Crippen molar-refractivity contribution in [2.45, 2.75) is 13.0 Å². The fourth-order valence-electron chi connectivity index (χ4n) is 1.69. The van der Waals surface area contributed by atoms with E-state index in [2.05, 4.69) is 20.8 Å². The van der Waals surface area contributed by atoms with Crippen LogP contribution in [0.4, 0.5) is 0 Å². The molecule has 0 spiro atoms. The molecule has 6 nitrogen and oxygen atoms in total. The highest BCUT2D eigenvalue weighted by Gasteiger charge is 2.07. The smallest absolute Gasteiger partial charge is 0.221 e. The predicted octanol–water partition coefficient (Wildman–Crippen LogP) is 0.493. The van der Waals surface area contributed by atoms with Gasteiger partial charge in [-0.25, -0.2) is 0 Å². The van der Waals surface area contributed by atoms with Gasteiger partial charge in [-0.2, -0.15) is 0 Å². The second-order valence-electron chi connectivity index (χ2n) is 4.08. The lowest BCUT2D eigenvalue weighted by atomic mass is 10.3. The summed E-state index contributed by atoms with van der Waals surface area (Å²) in [6, 6.07) is 9.79. The molecule has 0 unspecified atom stereocenters. The van der Waals surface area contributed by atoms with Gasteiger partial charge in [0.2, 0.25) is 5.91 Å². The molecule has 100 valence electrons. The van der Waals surface area contributed by atoms with E-state index in [-0.39, 0.29) is 5.91 Å². The summed E-state index contributed by atoms with van der Waals surface area (Å²) >= 11 is 0. The van der Waals surface area contributed by atoms with E-state index >= 15 is 0 Å². The quantitative estimate of drug-likeness (QED) is 0.792. The molecular formula is C13H17N5O. The number of benzene rings is 1. The fraction of sp³-hybridized carbons (Fsp3) is 0.308. The van der Waals surface area contributed by atoms with Crippen LogP contribution in [0.2, 0.25) is 0 Å². The zero-order chi connectivity index (χ0) is 13.5. The minimum absolute atomic E-state index is 0.00281. The second kappa shape index (κ2) is 6.65. The van der Waals surface area contributed by atoms with Crippen LogP contribution in [0.1, 0.15) is 12.2 Å². The first-order chi connectivity index (χ1) is 9.31. The van der Waals surface area contributed by atoms with E-state index in [0.717, 1.165) is 5.69 Å². The SMILES string of the molecule is CNCCC(=O)NCc1nncn1-c1ccccc1. The van der Waals surface area contributed by atoms with Crippen molar-refractivity contribution in [3.8, 4) is 5.69 Å². The molecule has 1 aromatic heterocycles. The summed E-state index contributed by atoms with van der Waals surface area (Å²) in [5.41, 5.74) is 0.979. The summed E-state index contributed by atoms with van der Waals surface area (Å²) in [5, 5.41) is 13.7. The molecule has 2 aromatic rings. The number of carbonyl (C=O) groups excluding carboxylic acids is 1. The van der Waals surface area contributed by atoms with Crippen molar-refractivity contribution in [3.05, 3.63) is 42.5 Å². The third-order valence-electron chi connectivity index (χ3n) is 2.70. The van der Waals surface area contributed by atoms with Crippen LogP contribution in [0.25, 0.3) is 5.69 Å². The van der Waals surface area contributed by atoms with E-state index in [1.165, 1.54) is 0 Å². The van der Waals surface area contributed by atoms with Crippen molar-refractivity contribution >= 4 is 5.91 Å². The van der Waals surface area contributed by atoms with Crippen LogP contribution < -0.4 is 10.6 Å². The standard InChI is InChI=1S/C13H17N5O/c1-14-8-7-13(19)15-9-12-17-16-10-18(12)11-5-3-2-4-6-11/h2-6,10,14H,7-9H2,1H3,(H,15,19). The average Bonchev–Trinajstić information content (AvgIpc) is 2.92. The van der Waals surface area contributed by atoms with Crippen LogP contribution in [0.3, 0.4) is 0 Å². The van der Waals surface area contributed by atoms with E-state index in [0.29, 0.717) is 25.3 Å². The van der Waals surface area contributed by atoms with Crippen molar-refractivity contribution in [2.24, 2.45) is 0 Å². The van der Waals surface area contributed by atoms with Crippen LogP contribution in [-0.2, 0) is 11.3 Å². The lowest BCUT2D eigenvalue weighted by molar-refractivity contribution is -0.121. The maximum Gasteiger partial charge on any atom is 0.221 e. The number of amides is 1. The third-order valence-corrected chi connectivity index (χ3v) is 2.70. The molecule has 2 rings (SSSR count). The van der Waals surface area contributed by atoms with E-state index in [9.17, 15) is 4.79 Å². The first-order valence-corrected chi connectivity index (χ1v) is 6.17. The van der Waals surface area contributed by atoms with Gasteiger partial charge in [0.25, 0.3) is 0 Å². The Labute approximate surface area is 111 Å². The molecule has 1 amide bonds. The zero-order valence-corrected chi connectivity index (χ0v) is 10.8. The third kappa shape index (κ3) is 3.62. The molecule has 1 aromatic carbocycles. The summed E-state index contributed by atoms with van der Waals surface area (Å²) in [7, 11) is 1.82. The van der Waals surface area contributed by atoms with Gasteiger partial charge in [-0.05, 0) is 19.2 Å². The zero-order valence-electron chi connectivity index (χ0n) is 10.8. The number of nitrogens with zero attached hydrogens (tertiary/aromatic N) is 3. The van der Waals surface area contributed by atoms with Crippen LogP contribution >= 0.6 is 0 Å². The van der Waals surface area contributed by atoms with Gasteiger partial charge in [-0.1, -0.05) is 18.2 Å². The molecule has 0 aliphatic carbocycles. The Morgan fingerprint density at radius 2 is 2.11 bits per heavy atom. The number of nitrogens with one attached hydrogen (secondary N) is 2. The Morgan fingerprint density at radius 1 is 1.32 bits per heavy atom. The first kappa shape index (κ1) is 13.2. The molecule has 0 aliphatic heterocycles. The molecule has 0 saturated heterocycles. The first-order valence-electron chi connectivity index (χ1n) is 6.17. The summed E-state index contributed by atoms with van der Waals surface area (Å²) in [6.07, 6.45) is 2.10. The summed E-state index contributed by atoms with van der Waals surface area (Å²) < 4.78 is 1.86. The number of para-hydroxylation sites is 1. The second-order valence-corrected chi connectivity index (χ2v) is 4.08. The monoisotopic (exact) mass is 259 g/mol. The van der Waals surface area contributed by atoms with Crippen molar-refractivity contribution in [2.75, 3.05) is 13.6 Å². The van der Waals surface area contributed by atoms with Crippen molar-refractivity contribution < 1.29 is 4.79 Å². The highest BCUT2D eigenvalue weighted by Crippen LogP contribution is 2.08. The Kier molecular flexibility index (Phi) is 4.63. The normalized spacial score (nSPS) is 10.4. The Hall–Kier alpha value is -2.21. The Balaban J connectivity index is 1.99. The molecule has 0 saturated carbocycles. The Morgan fingerprint density at radius 3 is 2.84 bits per heavy atom. The molecule has 19 heavy (non-hydrogen) atoms. The van der Waals surface area contributed by atoms with Gasteiger partial charge in [0.15, 0.2) is 5.82 Å². The molecule has 2 N–H and O–H groups in total. The highest BCUT2D eigenvalue weighted by atomic mass is 16.1. The van der Waals surface area contributed by atoms with E-state index in [1.54, 1.807) is 6.33 Å². The van der Waals surface area contributed by atoms with E-state index in [4.69, 9.17) is 0 Å². The number of aromatic nitrogens is 3. The molecular weight excluding hydrogens is 242 g/mol. The molecule has 0 atom stereocenters. The molecule has 1 heterocycles. The van der Waals surface area contributed by atoms with Crippen molar-refractivity contribution in [1.82, 2.24) is 25.4 Å². The molecule has 0 radical (unpaired) electrons. The van der Waals surface area contributed by atoms with E-state index in [1.807, 2.05) is 41.9 Å². The average molecular weight is 259 g/mol. The minimum Gasteiger partial charge on any atom is -0.349 e. The lowest BCUT2D eigenvalue weighted by Gasteiger charge is -2.07. The van der Waals surface area contributed by atoms with Crippen LogP contribution in [0, 0.1) is 0 Å². The van der Waals surface area contributed by atoms with E-state index < -0.39 is 0 Å². The molecule has 0 aliphatic rings. The van der Waals surface area contributed by atoms with Crippen LogP contribution in [0.5, 0.6) is 0 Å². The van der Waals surface area contributed by atoms with Gasteiger partial charge in [0, 0.05) is 18.7 Å². The number of rotatable bonds is 6. The fourth-order valence-corrected chi connectivity index (χ4v) is 1.69. The van der Waals surface area contributed by atoms with Crippen molar-refractivity contribution in [3.63, 3.8) is 0 Å². The predicted molar refractivity (Wildman–Crippen MR) is 71.7 cm³/mol. The van der Waals surface area contributed by atoms with Gasteiger partial charge < -0.3 is 10.6 Å². The molecule has 6 heteroatoms. The van der Waals surface area contributed by atoms with Gasteiger partial charge in [-0.15, -0.1) is 10.2 Å². The summed E-state index contributed by atoms with van der Waals surface area (Å²) in [4.78, 5) is 11.5. The van der Waals surface area contributed by atoms with Crippen LogP contribution in [-0.4, -0.2) is 34.3 Å². The highest BCUT2D eigenvalue weighted by molar-refractivity contribution is 5.75.